The number of ether oxygens (including phenoxy) is 1. The number of aromatic amines is 1. The minimum absolute atomic E-state index is 0.0510. The summed E-state index contributed by atoms with van der Waals surface area (Å²) >= 11 is 0. The fourth-order valence-corrected chi connectivity index (χ4v) is 4.32. The minimum atomic E-state index is -0.646. The monoisotopic (exact) mass is 434 g/mol. The number of hydrogen-bond acceptors (Lipinski definition) is 4. The number of H-pyrrole nitrogens is 1. The van der Waals surface area contributed by atoms with Crippen molar-refractivity contribution in [3.05, 3.63) is 71.9 Å². The summed E-state index contributed by atoms with van der Waals surface area (Å²) in [5, 5.41) is 6.99. The SMILES string of the molecule is CC(=O)NC(Cc1c[nH]c2ccccc12)C(=O)NCC(c1ccccc1)N1CCOCC1. The van der Waals surface area contributed by atoms with Gasteiger partial charge in [0.2, 0.25) is 11.8 Å². The Kier molecular flexibility index (Phi) is 7.19. The van der Waals surface area contributed by atoms with Crippen molar-refractivity contribution in [2.45, 2.75) is 25.4 Å². The molecule has 0 radical (unpaired) electrons. The van der Waals surface area contributed by atoms with Crippen molar-refractivity contribution in [3.8, 4) is 0 Å². The Labute approximate surface area is 188 Å². The molecular weight excluding hydrogens is 404 g/mol. The lowest BCUT2D eigenvalue weighted by atomic mass is 10.0. The number of nitrogens with zero attached hydrogens (tertiary/aromatic N) is 1. The molecule has 1 aliphatic heterocycles. The van der Waals surface area contributed by atoms with Gasteiger partial charge in [-0.25, -0.2) is 0 Å². The van der Waals surface area contributed by atoms with Gasteiger partial charge in [0, 0.05) is 50.1 Å². The highest BCUT2D eigenvalue weighted by Gasteiger charge is 2.26. The number of amides is 2. The van der Waals surface area contributed by atoms with Crippen LogP contribution in [0.2, 0.25) is 0 Å². The molecule has 1 aromatic heterocycles. The van der Waals surface area contributed by atoms with E-state index >= 15 is 0 Å². The van der Waals surface area contributed by atoms with Crippen molar-refractivity contribution in [1.29, 1.82) is 0 Å². The molecule has 2 atom stereocenters. The molecule has 2 unspecified atom stereocenters. The molecule has 0 saturated carbocycles. The maximum atomic E-state index is 13.2. The fraction of sp³-hybridized carbons (Fsp3) is 0.360. The van der Waals surface area contributed by atoms with Gasteiger partial charge in [0.25, 0.3) is 0 Å². The van der Waals surface area contributed by atoms with Crippen LogP contribution in [0.25, 0.3) is 10.9 Å². The number of carbonyl (C=O) groups excluding carboxylic acids is 2. The quantitative estimate of drug-likeness (QED) is 0.508. The first-order valence-electron chi connectivity index (χ1n) is 11.1. The predicted molar refractivity (Wildman–Crippen MR) is 124 cm³/mol. The van der Waals surface area contributed by atoms with Gasteiger partial charge in [-0.1, -0.05) is 48.5 Å². The van der Waals surface area contributed by atoms with Gasteiger partial charge in [0.15, 0.2) is 0 Å². The summed E-state index contributed by atoms with van der Waals surface area (Å²) in [5.74, 6) is -0.405. The van der Waals surface area contributed by atoms with Crippen molar-refractivity contribution in [2.24, 2.45) is 0 Å². The molecule has 3 N–H and O–H groups in total. The molecule has 7 heteroatoms. The highest BCUT2D eigenvalue weighted by molar-refractivity contribution is 5.89. The first-order chi connectivity index (χ1) is 15.6. The van der Waals surface area contributed by atoms with Crippen LogP contribution in [0.4, 0.5) is 0 Å². The van der Waals surface area contributed by atoms with Crippen molar-refractivity contribution < 1.29 is 14.3 Å². The zero-order valence-electron chi connectivity index (χ0n) is 18.3. The normalized spacial score (nSPS) is 16.4. The number of benzene rings is 2. The molecule has 1 aliphatic rings. The van der Waals surface area contributed by atoms with Gasteiger partial charge < -0.3 is 20.4 Å². The fourth-order valence-electron chi connectivity index (χ4n) is 4.32. The van der Waals surface area contributed by atoms with E-state index in [1.54, 1.807) is 0 Å². The van der Waals surface area contributed by atoms with Gasteiger partial charge in [0.1, 0.15) is 6.04 Å². The van der Waals surface area contributed by atoms with Crippen LogP contribution in [0, 0.1) is 0 Å². The van der Waals surface area contributed by atoms with Gasteiger partial charge >= 0.3 is 0 Å². The number of morpholine rings is 1. The van der Waals surface area contributed by atoms with Crippen LogP contribution in [0.1, 0.15) is 24.1 Å². The lowest BCUT2D eigenvalue weighted by molar-refractivity contribution is -0.128. The van der Waals surface area contributed by atoms with Gasteiger partial charge in [-0.15, -0.1) is 0 Å². The highest BCUT2D eigenvalue weighted by atomic mass is 16.5. The summed E-state index contributed by atoms with van der Waals surface area (Å²) in [5.41, 5.74) is 3.17. The number of aromatic nitrogens is 1. The van der Waals surface area contributed by atoms with E-state index in [1.807, 2.05) is 48.7 Å². The molecular formula is C25H30N4O3. The third-order valence-electron chi connectivity index (χ3n) is 5.93. The number of hydrogen-bond donors (Lipinski definition) is 3. The van der Waals surface area contributed by atoms with Gasteiger partial charge in [-0.2, -0.15) is 0 Å². The first-order valence-corrected chi connectivity index (χ1v) is 11.1. The van der Waals surface area contributed by atoms with Crippen LogP contribution < -0.4 is 10.6 Å². The van der Waals surface area contributed by atoms with Crippen LogP contribution in [-0.2, 0) is 20.7 Å². The highest BCUT2D eigenvalue weighted by Crippen LogP contribution is 2.22. The van der Waals surface area contributed by atoms with E-state index in [1.165, 1.54) is 6.92 Å². The van der Waals surface area contributed by atoms with E-state index in [2.05, 4.69) is 32.7 Å². The molecule has 168 valence electrons. The summed E-state index contributed by atoms with van der Waals surface area (Å²) in [7, 11) is 0. The van der Waals surface area contributed by atoms with E-state index in [4.69, 9.17) is 4.74 Å². The smallest absolute Gasteiger partial charge is 0.242 e. The van der Waals surface area contributed by atoms with Crippen molar-refractivity contribution in [2.75, 3.05) is 32.8 Å². The average Bonchev–Trinajstić information content (AvgIpc) is 3.23. The van der Waals surface area contributed by atoms with Crippen molar-refractivity contribution in [3.63, 3.8) is 0 Å². The van der Waals surface area contributed by atoms with Crippen LogP contribution in [-0.4, -0.2) is 60.6 Å². The number of carbonyl (C=O) groups is 2. The van der Waals surface area contributed by atoms with Gasteiger partial charge in [-0.3, -0.25) is 14.5 Å². The summed E-state index contributed by atoms with van der Waals surface area (Å²) in [6.45, 7) is 4.92. The Morgan fingerprint density at radius 1 is 1.06 bits per heavy atom. The maximum Gasteiger partial charge on any atom is 0.242 e. The molecule has 2 amide bonds. The van der Waals surface area contributed by atoms with Crippen LogP contribution in [0.15, 0.2) is 60.8 Å². The minimum Gasteiger partial charge on any atom is -0.379 e. The predicted octanol–water partition coefficient (Wildman–Crippen LogP) is 2.40. The molecule has 0 bridgehead atoms. The Morgan fingerprint density at radius 2 is 1.78 bits per heavy atom. The Bertz CT molecular complexity index is 1040. The zero-order valence-corrected chi connectivity index (χ0v) is 18.3. The Hall–Kier alpha value is -3.16. The second-order valence-corrected chi connectivity index (χ2v) is 8.14. The largest absolute Gasteiger partial charge is 0.379 e. The summed E-state index contributed by atoms with van der Waals surface area (Å²) in [4.78, 5) is 30.6. The van der Waals surface area contributed by atoms with E-state index in [-0.39, 0.29) is 17.9 Å². The number of nitrogens with one attached hydrogen (secondary N) is 3. The van der Waals surface area contributed by atoms with E-state index in [0.717, 1.165) is 35.1 Å². The molecule has 7 nitrogen and oxygen atoms in total. The topological polar surface area (TPSA) is 86.5 Å². The van der Waals surface area contributed by atoms with Crippen LogP contribution in [0.3, 0.4) is 0 Å². The van der Waals surface area contributed by atoms with Crippen molar-refractivity contribution >= 4 is 22.7 Å². The molecule has 32 heavy (non-hydrogen) atoms. The summed E-state index contributed by atoms with van der Waals surface area (Å²) in [6.07, 6.45) is 2.33. The van der Waals surface area contributed by atoms with Crippen molar-refractivity contribution in [1.82, 2.24) is 20.5 Å². The number of para-hydroxylation sites is 1. The Balaban J connectivity index is 1.48. The van der Waals surface area contributed by atoms with E-state index in [9.17, 15) is 9.59 Å². The van der Waals surface area contributed by atoms with E-state index < -0.39 is 6.04 Å². The standard InChI is InChI=1S/C25H30N4O3/c1-18(30)28-23(15-20-16-26-22-10-6-5-9-21(20)22)25(31)27-17-24(19-7-3-2-4-8-19)29-11-13-32-14-12-29/h2-10,16,23-24,26H,11-15,17H2,1H3,(H,27,31)(H,28,30). The summed E-state index contributed by atoms with van der Waals surface area (Å²) in [6, 6.07) is 17.6. The zero-order chi connectivity index (χ0) is 22.3. The average molecular weight is 435 g/mol. The first kappa shape index (κ1) is 22.0. The second kappa shape index (κ2) is 10.4. The molecule has 0 aliphatic carbocycles. The maximum absolute atomic E-state index is 13.2. The molecule has 0 spiro atoms. The molecule has 3 aromatic rings. The summed E-state index contributed by atoms with van der Waals surface area (Å²) < 4.78 is 5.51. The lowest BCUT2D eigenvalue weighted by Crippen LogP contribution is -2.50. The third-order valence-corrected chi connectivity index (χ3v) is 5.93. The third kappa shape index (κ3) is 5.36. The molecule has 2 aromatic carbocycles. The number of fused-ring (bicyclic) bond motifs is 1. The second-order valence-electron chi connectivity index (χ2n) is 8.14. The van der Waals surface area contributed by atoms with Crippen LogP contribution >= 0.6 is 0 Å². The lowest BCUT2D eigenvalue weighted by Gasteiger charge is -2.35. The molecule has 1 saturated heterocycles. The van der Waals surface area contributed by atoms with Crippen LogP contribution in [0.5, 0.6) is 0 Å². The van der Waals surface area contributed by atoms with Gasteiger partial charge in [-0.05, 0) is 17.2 Å². The molecule has 4 rings (SSSR count). The van der Waals surface area contributed by atoms with E-state index in [0.29, 0.717) is 26.2 Å². The van der Waals surface area contributed by atoms with Gasteiger partial charge in [0.05, 0.1) is 19.3 Å². The number of rotatable bonds is 8. The molecule has 2 heterocycles. The molecule has 1 fully saturated rings. The Morgan fingerprint density at radius 3 is 2.53 bits per heavy atom.